The highest BCUT2D eigenvalue weighted by Gasteiger charge is 2.38. The van der Waals surface area contributed by atoms with E-state index in [0.29, 0.717) is 39.8 Å². The zero-order valence-electron chi connectivity index (χ0n) is 36.8. The van der Waals surface area contributed by atoms with Crippen LogP contribution in [0.5, 0.6) is 23.0 Å². The van der Waals surface area contributed by atoms with Crippen LogP contribution in [0.25, 0.3) is 11.4 Å². The molecule has 14 nitrogen and oxygen atoms in total. The van der Waals surface area contributed by atoms with Gasteiger partial charge in [-0.15, -0.1) is 9.89 Å². The number of nitrogens with zero attached hydrogens (tertiary/aromatic N) is 5. The molecule has 0 radical (unpaired) electrons. The molecule has 336 valence electrons. The molecule has 0 bridgehead atoms. The number of rotatable bonds is 15. The number of nitrogens with one attached hydrogen (secondary N) is 3. The first-order chi connectivity index (χ1) is 29.5. The second kappa shape index (κ2) is 18.0. The minimum atomic E-state index is -4.66. The maximum Gasteiger partial charge on any atom is 0.418 e. The molecule has 5 aromatic rings. The molecule has 2 unspecified atom stereocenters. The van der Waals surface area contributed by atoms with Crippen LogP contribution in [-0.4, -0.2) is 56.0 Å². The number of hydrogen-bond acceptors (Lipinski definition) is 11. The highest BCUT2D eigenvalue weighted by molar-refractivity contribution is 7.82. The highest BCUT2D eigenvalue weighted by atomic mass is 32.2. The van der Waals surface area contributed by atoms with Gasteiger partial charge in [0.2, 0.25) is 5.82 Å². The SMILES string of the molecule is CNc1ccc(N=C2C(C(C)(C)C)=Nn3nc(-c4ccc(NS(=O)Oc5cc(NS(=O)Oc6cc(C(C)(C)CC(C)(C)C)ccc6OC)ccc5OC)cc4)nc32)c(C(F)(F)F)c1. The lowest BCUT2D eigenvalue weighted by Crippen LogP contribution is -2.27. The highest BCUT2D eigenvalue weighted by Crippen LogP contribution is 2.41. The molecule has 4 aromatic carbocycles. The fourth-order valence-corrected chi connectivity index (χ4v) is 8.44. The Morgan fingerprint density at radius 1 is 0.714 bits per heavy atom. The summed E-state index contributed by atoms with van der Waals surface area (Å²) in [6.45, 7) is 16.5. The minimum Gasteiger partial charge on any atom is -0.493 e. The first-order valence-corrected chi connectivity index (χ1v) is 21.9. The standard InChI is InChI=1S/C44H51F3N8O6S2/c1-41(2,3)25-43(7,8)27-14-20-33(58-10)35(22-27)60-63(57)54-30-18-21-34(59-11)36(24-30)61-62(56)53-28-15-12-26(13-16-28)39-50-40-37(38(42(4,5)6)51-55(40)52-39)49-32-19-17-29(48-9)23-31(32)44(45,46)47/h12-24,48,53-54H,25H2,1-11H3. The monoisotopic (exact) mass is 908 g/mol. The fraction of sp³-hybridized carbons (Fsp3) is 0.364. The molecule has 0 saturated carbocycles. The third-order valence-electron chi connectivity index (χ3n) is 9.71. The Bertz CT molecular complexity index is 2600. The number of hydrogen-bond donors (Lipinski definition) is 3. The zero-order chi connectivity index (χ0) is 46.1. The Morgan fingerprint density at radius 3 is 1.86 bits per heavy atom. The molecule has 0 aliphatic carbocycles. The number of benzene rings is 4. The van der Waals surface area contributed by atoms with Gasteiger partial charge in [-0.05, 0) is 89.5 Å². The molecule has 2 atom stereocenters. The maximum atomic E-state index is 14.1. The van der Waals surface area contributed by atoms with Crippen molar-refractivity contribution >= 4 is 56.7 Å². The molecule has 0 fully saturated rings. The van der Waals surface area contributed by atoms with E-state index in [2.05, 4.69) is 69.6 Å². The van der Waals surface area contributed by atoms with Crippen LogP contribution in [0, 0.1) is 10.8 Å². The largest absolute Gasteiger partial charge is 0.493 e. The first-order valence-electron chi connectivity index (χ1n) is 19.7. The summed E-state index contributed by atoms with van der Waals surface area (Å²) in [5, 5.41) is 11.8. The van der Waals surface area contributed by atoms with E-state index in [0.717, 1.165) is 18.1 Å². The van der Waals surface area contributed by atoms with Gasteiger partial charge in [0.25, 0.3) is 0 Å². The van der Waals surface area contributed by atoms with Crippen molar-refractivity contribution in [2.24, 2.45) is 20.9 Å². The van der Waals surface area contributed by atoms with Gasteiger partial charge in [-0.3, -0.25) is 9.44 Å². The number of ether oxygens (including phenoxy) is 2. The second-order valence-corrected chi connectivity index (χ2v) is 19.2. The fourth-order valence-electron chi connectivity index (χ4n) is 7.12. The van der Waals surface area contributed by atoms with Crippen LogP contribution in [0.4, 0.5) is 35.9 Å². The number of alkyl halides is 3. The van der Waals surface area contributed by atoms with E-state index in [1.165, 1.54) is 44.3 Å². The lowest BCUT2D eigenvalue weighted by Gasteiger charge is -2.33. The third-order valence-corrected chi connectivity index (χ3v) is 11.2. The quantitative estimate of drug-likeness (QED) is 0.0928. The summed E-state index contributed by atoms with van der Waals surface area (Å²) in [4.78, 5) is 10.4. The summed E-state index contributed by atoms with van der Waals surface area (Å²) in [5.74, 6) is 1.48. The van der Waals surface area contributed by atoms with Gasteiger partial charge in [-0.25, -0.2) is 9.98 Å². The smallest absolute Gasteiger partial charge is 0.418 e. The average Bonchev–Trinajstić information content (AvgIpc) is 3.76. The molecule has 0 saturated heterocycles. The summed E-state index contributed by atoms with van der Waals surface area (Å²) >= 11 is -4.21. The van der Waals surface area contributed by atoms with Gasteiger partial charge in [-0.2, -0.15) is 26.7 Å². The topological polar surface area (TPSA) is 163 Å². The van der Waals surface area contributed by atoms with Crippen molar-refractivity contribution in [3.8, 4) is 34.4 Å². The van der Waals surface area contributed by atoms with Gasteiger partial charge >= 0.3 is 28.7 Å². The molecule has 1 aliphatic rings. The Kier molecular flexibility index (Phi) is 13.3. The molecule has 0 spiro atoms. The molecular formula is C44H51F3N8O6S2. The van der Waals surface area contributed by atoms with E-state index < -0.39 is 39.7 Å². The molecule has 2 heterocycles. The molecule has 63 heavy (non-hydrogen) atoms. The molecule has 1 aromatic heterocycles. The van der Waals surface area contributed by atoms with Crippen molar-refractivity contribution < 1.29 is 39.4 Å². The van der Waals surface area contributed by atoms with Gasteiger partial charge in [0.1, 0.15) is 5.71 Å². The van der Waals surface area contributed by atoms with E-state index >= 15 is 0 Å². The van der Waals surface area contributed by atoms with Crippen LogP contribution in [0.15, 0.2) is 89.0 Å². The minimum absolute atomic E-state index is 0.0734. The number of anilines is 3. The van der Waals surface area contributed by atoms with Crippen LogP contribution in [-0.2, 0) is 34.1 Å². The summed E-state index contributed by atoms with van der Waals surface area (Å²) in [5.41, 5.74) is 1.25. The van der Waals surface area contributed by atoms with Gasteiger partial charge in [0.15, 0.2) is 28.8 Å². The van der Waals surface area contributed by atoms with Crippen LogP contribution in [0.1, 0.15) is 78.8 Å². The van der Waals surface area contributed by atoms with Crippen molar-refractivity contribution in [3.05, 3.63) is 95.8 Å². The molecule has 6 rings (SSSR count). The van der Waals surface area contributed by atoms with Crippen LogP contribution >= 0.6 is 0 Å². The Balaban J connectivity index is 1.15. The van der Waals surface area contributed by atoms with Crippen molar-refractivity contribution in [1.82, 2.24) is 14.9 Å². The van der Waals surface area contributed by atoms with Crippen LogP contribution in [0.3, 0.4) is 0 Å². The van der Waals surface area contributed by atoms with E-state index in [9.17, 15) is 21.6 Å². The van der Waals surface area contributed by atoms with E-state index in [1.54, 1.807) is 42.5 Å². The number of aliphatic imine (C=N–C) groups is 1. The number of halogens is 3. The van der Waals surface area contributed by atoms with Gasteiger partial charge in [-0.1, -0.05) is 61.5 Å². The van der Waals surface area contributed by atoms with E-state index in [4.69, 9.17) is 17.8 Å². The third kappa shape index (κ3) is 11.2. The van der Waals surface area contributed by atoms with Crippen molar-refractivity contribution in [2.75, 3.05) is 36.0 Å². The lowest BCUT2D eigenvalue weighted by molar-refractivity contribution is -0.137. The molecule has 0 amide bonds. The van der Waals surface area contributed by atoms with Crippen molar-refractivity contribution in [1.29, 1.82) is 0 Å². The van der Waals surface area contributed by atoms with Crippen LogP contribution in [0.2, 0.25) is 0 Å². The second-order valence-electron chi connectivity index (χ2n) is 17.6. The summed E-state index contributed by atoms with van der Waals surface area (Å²) in [7, 11) is 4.47. The summed E-state index contributed by atoms with van der Waals surface area (Å²) in [6.07, 6.45) is -3.76. The lowest BCUT2D eigenvalue weighted by atomic mass is 9.72. The first kappa shape index (κ1) is 46.6. The number of fused-ring (bicyclic) bond motifs is 1. The summed E-state index contributed by atoms with van der Waals surface area (Å²) < 4.78 is 96.9. The zero-order valence-corrected chi connectivity index (χ0v) is 38.5. The van der Waals surface area contributed by atoms with Gasteiger partial charge in [0.05, 0.1) is 36.9 Å². The predicted molar refractivity (Wildman–Crippen MR) is 243 cm³/mol. The Hall–Kier alpha value is -5.95. The normalized spacial score (nSPS) is 14.7. The van der Waals surface area contributed by atoms with Gasteiger partial charge in [0, 0.05) is 35.5 Å². The average molecular weight is 909 g/mol. The van der Waals surface area contributed by atoms with E-state index in [1.807, 2.05) is 32.9 Å². The van der Waals surface area contributed by atoms with Gasteiger partial charge < -0.3 is 23.2 Å². The number of aromatic nitrogens is 3. The summed E-state index contributed by atoms with van der Waals surface area (Å²) in [6, 6.07) is 20.7. The molecule has 3 N–H and O–H groups in total. The maximum absolute atomic E-state index is 14.1. The van der Waals surface area contributed by atoms with Crippen molar-refractivity contribution in [2.45, 2.75) is 73.4 Å². The molecule has 19 heteroatoms. The number of methoxy groups -OCH3 is 2. The van der Waals surface area contributed by atoms with E-state index in [-0.39, 0.29) is 45.4 Å². The Labute approximate surface area is 370 Å². The molecule has 1 aliphatic heterocycles. The van der Waals surface area contributed by atoms with Crippen LogP contribution < -0.4 is 32.6 Å². The molecular weight excluding hydrogens is 858 g/mol. The predicted octanol–water partition coefficient (Wildman–Crippen LogP) is 10.3. The Morgan fingerprint density at radius 2 is 1.29 bits per heavy atom. The van der Waals surface area contributed by atoms with Crippen molar-refractivity contribution in [3.63, 3.8) is 0 Å².